The number of nitrogens with one attached hydrogen (secondary N) is 2. The van der Waals surface area contributed by atoms with Gasteiger partial charge in [0, 0.05) is 12.1 Å². The Hall–Kier alpha value is -3.28. The predicted molar refractivity (Wildman–Crippen MR) is 96.3 cm³/mol. The lowest BCUT2D eigenvalue weighted by Gasteiger charge is -2.33. The fourth-order valence-corrected chi connectivity index (χ4v) is 2.93. The minimum Gasteiger partial charge on any atom is -0.508 e. The van der Waals surface area contributed by atoms with Gasteiger partial charge in [0.05, 0.1) is 12.6 Å². The van der Waals surface area contributed by atoms with E-state index in [0.717, 1.165) is 5.56 Å². The van der Waals surface area contributed by atoms with Gasteiger partial charge >= 0.3 is 12.0 Å². The Bertz CT molecular complexity index is 802. The van der Waals surface area contributed by atoms with Crippen LogP contribution in [0.1, 0.15) is 17.2 Å². The van der Waals surface area contributed by atoms with Crippen LogP contribution in [0.3, 0.4) is 0 Å². The highest BCUT2D eigenvalue weighted by Crippen LogP contribution is 2.31. The van der Waals surface area contributed by atoms with Crippen molar-refractivity contribution in [1.29, 1.82) is 0 Å². The molecule has 2 unspecified atom stereocenters. The highest BCUT2D eigenvalue weighted by molar-refractivity contribution is 5.85. The molecule has 134 valence electrons. The molecule has 26 heavy (non-hydrogen) atoms. The lowest BCUT2D eigenvalue weighted by molar-refractivity contribution is -0.148. The Balaban J connectivity index is 1.71. The number of phenols is 1. The van der Waals surface area contributed by atoms with Gasteiger partial charge in [0.2, 0.25) is 0 Å². The van der Waals surface area contributed by atoms with E-state index < -0.39 is 24.0 Å². The molecule has 1 heterocycles. The maximum Gasteiger partial charge on any atom is 0.319 e. The van der Waals surface area contributed by atoms with Gasteiger partial charge in [0.1, 0.15) is 11.7 Å². The predicted octanol–water partition coefficient (Wildman–Crippen LogP) is 2.66. The van der Waals surface area contributed by atoms with E-state index in [1.165, 1.54) is 12.1 Å². The molecule has 1 fully saturated rings. The molecule has 1 aliphatic heterocycles. The molecule has 3 N–H and O–H groups in total. The Morgan fingerprint density at radius 3 is 2.50 bits per heavy atom. The summed E-state index contributed by atoms with van der Waals surface area (Å²) in [5.74, 6) is -1.11. The van der Waals surface area contributed by atoms with E-state index in [9.17, 15) is 14.7 Å². The normalized spacial score (nSPS) is 19.4. The van der Waals surface area contributed by atoms with E-state index in [0.29, 0.717) is 12.0 Å². The van der Waals surface area contributed by atoms with E-state index >= 15 is 0 Å². The summed E-state index contributed by atoms with van der Waals surface area (Å²) in [6.07, 6.45) is 0.607. The number of ether oxygens (including phenoxy) is 1. The van der Waals surface area contributed by atoms with Gasteiger partial charge in [0.15, 0.2) is 0 Å². The molecule has 0 saturated carbocycles. The van der Waals surface area contributed by atoms with Gasteiger partial charge in [-0.3, -0.25) is 4.79 Å². The molecule has 3 rings (SSSR count). The number of rotatable bonds is 5. The summed E-state index contributed by atoms with van der Waals surface area (Å²) in [4.78, 5) is 24.4. The first-order valence-electron chi connectivity index (χ1n) is 8.30. The molecule has 0 radical (unpaired) electrons. The van der Waals surface area contributed by atoms with Crippen molar-refractivity contribution in [2.24, 2.45) is 5.92 Å². The maximum absolute atomic E-state index is 12.6. The molecule has 0 aliphatic carbocycles. The smallest absolute Gasteiger partial charge is 0.319 e. The molecule has 1 saturated heterocycles. The molecule has 2 amide bonds. The van der Waals surface area contributed by atoms with Crippen molar-refractivity contribution in [2.75, 3.05) is 6.61 Å². The van der Waals surface area contributed by atoms with Crippen LogP contribution in [0.2, 0.25) is 0 Å². The minimum absolute atomic E-state index is 0.106. The number of esters is 1. The van der Waals surface area contributed by atoms with Crippen LogP contribution in [0.4, 0.5) is 4.79 Å². The van der Waals surface area contributed by atoms with Gasteiger partial charge in [-0.1, -0.05) is 49.0 Å². The molecule has 0 bridgehead atoms. The summed E-state index contributed by atoms with van der Waals surface area (Å²) in [6.45, 7) is 4.04. The lowest BCUT2D eigenvalue weighted by Crippen LogP contribution is -2.51. The number of amides is 2. The summed E-state index contributed by atoms with van der Waals surface area (Å²) in [5, 5.41) is 14.7. The standard InChI is InChI=1S/C20H20N2O4/c1-13-17(19(24)26-12-11-14-5-3-2-4-6-14)18(22-20(25)21-13)15-7-9-16(23)10-8-15/h2-10,17-18,23H,1,11-12H2,(H2,21,22,25). The number of hydrogen-bond acceptors (Lipinski definition) is 4. The number of urea groups is 1. The van der Waals surface area contributed by atoms with Gasteiger partial charge < -0.3 is 20.5 Å². The first kappa shape index (κ1) is 17.5. The zero-order valence-corrected chi connectivity index (χ0v) is 14.1. The van der Waals surface area contributed by atoms with Crippen LogP contribution in [-0.2, 0) is 16.0 Å². The average molecular weight is 352 g/mol. The van der Waals surface area contributed by atoms with Gasteiger partial charge in [0.25, 0.3) is 0 Å². The van der Waals surface area contributed by atoms with Crippen LogP contribution >= 0.6 is 0 Å². The van der Waals surface area contributed by atoms with Crippen LogP contribution in [0.5, 0.6) is 5.75 Å². The SMILES string of the molecule is C=C1NC(=O)NC(c2ccc(O)cc2)C1C(=O)OCCc1ccccc1. The van der Waals surface area contributed by atoms with Crippen LogP contribution < -0.4 is 10.6 Å². The number of benzene rings is 2. The lowest BCUT2D eigenvalue weighted by atomic mass is 9.89. The number of carbonyl (C=O) groups excluding carboxylic acids is 2. The molecule has 0 aromatic heterocycles. The van der Waals surface area contributed by atoms with Gasteiger partial charge in [-0.05, 0) is 23.3 Å². The van der Waals surface area contributed by atoms with Crippen molar-refractivity contribution >= 4 is 12.0 Å². The molecule has 2 atom stereocenters. The van der Waals surface area contributed by atoms with Crippen LogP contribution in [-0.4, -0.2) is 23.7 Å². The summed E-state index contributed by atoms with van der Waals surface area (Å²) < 4.78 is 5.43. The minimum atomic E-state index is -0.756. The molecule has 6 nitrogen and oxygen atoms in total. The Labute approximate surface area is 151 Å². The third kappa shape index (κ3) is 4.03. The fourth-order valence-electron chi connectivity index (χ4n) is 2.93. The van der Waals surface area contributed by atoms with Crippen molar-refractivity contribution in [3.8, 4) is 5.75 Å². The van der Waals surface area contributed by atoms with Gasteiger partial charge in [-0.15, -0.1) is 0 Å². The zero-order valence-electron chi connectivity index (χ0n) is 14.1. The van der Waals surface area contributed by atoms with E-state index in [2.05, 4.69) is 17.2 Å². The van der Waals surface area contributed by atoms with Crippen LogP contribution in [0.15, 0.2) is 66.9 Å². The molecular formula is C20H20N2O4. The van der Waals surface area contributed by atoms with Gasteiger partial charge in [-0.2, -0.15) is 0 Å². The van der Waals surface area contributed by atoms with Crippen LogP contribution in [0.25, 0.3) is 0 Å². The van der Waals surface area contributed by atoms with E-state index in [1.54, 1.807) is 12.1 Å². The number of carbonyl (C=O) groups is 2. The topological polar surface area (TPSA) is 87.7 Å². The highest BCUT2D eigenvalue weighted by Gasteiger charge is 2.38. The van der Waals surface area contributed by atoms with E-state index in [4.69, 9.17) is 4.74 Å². The van der Waals surface area contributed by atoms with E-state index in [-0.39, 0.29) is 18.1 Å². The first-order chi connectivity index (χ1) is 12.5. The Morgan fingerprint density at radius 2 is 1.81 bits per heavy atom. The maximum atomic E-state index is 12.6. The summed E-state index contributed by atoms with van der Waals surface area (Å²) >= 11 is 0. The monoisotopic (exact) mass is 352 g/mol. The van der Waals surface area contributed by atoms with Crippen molar-refractivity contribution in [1.82, 2.24) is 10.6 Å². The second kappa shape index (κ2) is 7.74. The quantitative estimate of drug-likeness (QED) is 0.722. The summed E-state index contributed by atoms with van der Waals surface area (Å²) in [7, 11) is 0. The van der Waals surface area contributed by atoms with Crippen molar-refractivity contribution in [2.45, 2.75) is 12.5 Å². The second-order valence-corrected chi connectivity index (χ2v) is 6.07. The third-order valence-corrected chi connectivity index (χ3v) is 4.25. The molecule has 0 spiro atoms. The number of phenolic OH excluding ortho intramolecular Hbond substituents is 1. The van der Waals surface area contributed by atoms with Crippen molar-refractivity contribution in [3.63, 3.8) is 0 Å². The Morgan fingerprint density at radius 1 is 1.12 bits per heavy atom. The number of aromatic hydroxyl groups is 1. The molecule has 6 heteroatoms. The van der Waals surface area contributed by atoms with Crippen LogP contribution in [0, 0.1) is 5.92 Å². The Kier molecular flexibility index (Phi) is 5.22. The third-order valence-electron chi connectivity index (χ3n) is 4.25. The number of hydrogen-bond donors (Lipinski definition) is 3. The molecular weight excluding hydrogens is 332 g/mol. The average Bonchev–Trinajstić information content (AvgIpc) is 2.62. The summed E-state index contributed by atoms with van der Waals surface area (Å²) in [5.41, 5.74) is 2.05. The highest BCUT2D eigenvalue weighted by atomic mass is 16.5. The molecule has 2 aromatic carbocycles. The van der Waals surface area contributed by atoms with Crippen molar-refractivity contribution in [3.05, 3.63) is 78.0 Å². The largest absolute Gasteiger partial charge is 0.508 e. The molecule has 2 aromatic rings. The van der Waals surface area contributed by atoms with E-state index in [1.807, 2.05) is 30.3 Å². The van der Waals surface area contributed by atoms with Gasteiger partial charge in [-0.25, -0.2) is 4.79 Å². The second-order valence-electron chi connectivity index (χ2n) is 6.07. The fraction of sp³-hybridized carbons (Fsp3) is 0.200. The zero-order chi connectivity index (χ0) is 18.5. The first-order valence-corrected chi connectivity index (χ1v) is 8.30. The summed E-state index contributed by atoms with van der Waals surface area (Å²) in [6, 6.07) is 15.0. The molecule has 1 aliphatic rings. The van der Waals surface area contributed by atoms with Crippen molar-refractivity contribution < 1.29 is 19.4 Å².